The van der Waals surface area contributed by atoms with Crippen LogP contribution in [0.2, 0.25) is 5.02 Å². The van der Waals surface area contributed by atoms with Crippen LogP contribution in [0.1, 0.15) is 43.0 Å². The summed E-state index contributed by atoms with van der Waals surface area (Å²) in [5.74, 6) is -0.533. The highest BCUT2D eigenvalue weighted by molar-refractivity contribution is 6.30. The zero-order chi connectivity index (χ0) is 19.8. The van der Waals surface area contributed by atoms with E-state index < -0.39 is 12.1 Å². The zero-order valence-electron chi connectivity index (χ0n) is 15.1. The summed E-state index contributed by atoms with van der Waals surface area (Å²) in [6.07, 6.45) is -3.38. The first-order valence-corrected chi connectivity index (χ1v) is 9.24. The van der Waals surface area contributed by atoms with Gasteiger partial charge >= 0.3 is 6.18 Å². The Morgan fingerprint density at radius 3 is 2.26 bits per heavy atom. The highest BCUT2D eigenvalue weighted by Gasteiger charge is 2.42. The third-order valence-electron chi connectivity index (χ3n) is 5.21. The van der Waals surface area contributed by atoms with Crippen LogP contribution in [0.4, 0.5) is 19.0 Å². The van der Waals surface area contributed by atoms with Crippen LogP contribution in [-0.4, -0.2) is 22.8 Å². The topological polar surface area (TPSA) is 46.9 Å². The van der Waals surface area contributed by atoms with Crippen molar-refractivity contribution in [2.24, 2.45) is 5.92 Å². The molecule has 8 heteroatoms. The average Bonchev–Trinajstić information content (AvgIpc) is 2.64. The molecule has 1 aromatic heterocycles. The van der Waals surface area contributed by atoms with Crippen molar-refractivity contribution < 1.29 is 13.2 Å². The Morgan fingerprint density at radius 1 is 1.15 bits per heavy atom. The first-order valence-electron chi connectivity index (χ1n) is 8.86. The molecule has 2 aromatic rings. The lowest BCUT2D eigenvalue weighted by Crippen LogP contribution is -2.32. The number of anilines is 1. The van der Waals surface area contributed by atoms with Crippen molar-refractivity contribution in [2.75, 3.05) is 12.4 Å². The minimum atomic E-state index is -4.17. The standard InChI is InChI=1S/C19H21ClF3N3O/c1-11-16(24-2)25-17(12-3-5-13(6-4-12)19(21,22)23)26(18(11)27)15-9-7-14(20)8-10-15/h7-10,12-13,24H,3-6H2,1-2H3. The number of hydrogen-bond donors (Lipinski definition) is 1. The number of halogens is 4. The number of nitrogens with one attached hydrogen (secondary N) is 1. The highest BCUT2D eigenvalue weighted by atomic mass is 35.5. The summed E-state index contributed by atoms with van der Waals surface area (Å²) >= 11 is 5.95. The Balaban J connectivity index is 2.05. The van der Waals surface area contributed by atoms with Crippen LogP contribution in [0.5, 0.6) is 0 Å². The lowest BCUT2D eigenvalue weighted by molar-refractivity contribution is -0.182. The Kier molecular flexibility index (Phi) is 5.51. The largest absolute Gasteiger partial charge is 0.391 e. The first kappa shape index (κ1) is 19.7. The fourth-order valence-corrected chi connectivity index (χ4v) is 3.78. The zero-order valence-corrected chi connectivity index (χ0v) is 15.9. The number of rotatable bonds is 3. The molecular formula is C19H21ClF3N3O. The molecule has 0 amide bonds. The molecule has 1 fully saturated rings. The molecule has 0 bridgehead atoms. The third-order valence-corrected chi connectivity index (χ3v) is 5.46. The van der Waals surface area contributed by atoms with E-state index in [-0.39, 0.29) is 24.3 Å². The number of benzene rings is 1. The predicted molar refractivity (Wildman–Crippen MR) is 99.9 cm³/mol. The van der Waals surface area contributed by atoms with Gasteiger partial charge in [-0.2, -0.15) is 13.2 Å². The van der Waals surface area contributed by atoms with Gasteiger partial charge in [0.15, 0.2) is 0 Å². The second-order valence-electron chi connectivity index (χ2n) is 6.90. The van der Waals surface area contributed by atoms with Gasteiger partial charge in [-0.3, -0.25) is 9.36 Å². The predicted octanol–water partition coefficient (Wildman–Crippen LogP) is 5.07. The Labute approximate surface area is 160 Å². The van der Waals surface area contributed by atoms with Crippen molar-refractivity contribution in [3.63, 3.8) is 0 Å². The van der Waals surface area contributed by atoms with Gasteiger partial charge < -0.3 is 5.32 Å². The monoisotopic (exact) mass is 399 g/mol. The van der Waals surface area contributed by atoms with Crippen LogP contribution in [0.15, 0.2) is 29.1 Å². The summed E-state index contributed by atoms with van der Waals surface area (Å²) in [6.45, 7) is 1.68. The van der Waals surface area contributed by atoms with Gasteiger partial charge in [0.25, 0.3) is 5.56 Å². The SMILES string of the molecule is CNc1nc(C2CCC(C(F)(F)F)CC2)n(-c2ccc(Cl)cc2)c(=O)c1C. The summed E-state index contributed by atoms with van der Waals surface area (Å²) in [5, 5.41) is 3.45. The quantitative estimate of drug-likeness (QED) is 0.783. The molecule has 3 rings (SSSR count). The van der Waals surface area contributed by atoms with Crippen LogP contribution in [0.25, 0.3) is 5.69 Å². The van der Waals surface area contributed by atoms with Crippen molar-refractivity contribution in [3.05, 3.63) is 51.0 Å². The molecule has 0 spiro atoms. The smallest absolute Gasteiger partial charge is 0.373 e. The summed E-state index contributed by atoms with van der Waals surface area (Å²) in [6, 6.07) is 6.79. The summed E-state index contributed by atoms with van der Waals surface area (Å²) in [4.78, 5) is 17.6. The molecule has 1 heterocycles. The van der Waals surface area contributed by atoms with E-state index in [9.17, 15) is 18.0 Å². The maximum Gasteiger partial charge on any atom is 0.391 e. The molecule has 0 radical (unpaired) electrons. The van der Waals surface area contributed by atoms with E-state index in [4.69, 9.17) is 11.6 Å². The number of alkyl halides is 3. The normalized spacial score (nSPS) is 20.5. The van der Waals surface area contributed by atoms with Gasteiger partial charge in [0.2, 0.25) is 0 Å². The molecule has 1 aromatic carbocycles. The molecule has 0 unspecified atom stereocenters. The minimum absolute atomic E-state index is 0.0490. The van der Waals surface area contributed by atoms with E-state index in [1.807, 2.05) is 0 Å². The van der Waals surface area contributed by atoms with Crippen LogP contribution in [0, 0.1) is 12.8 Å². The lowest BCUT2D eigenvalue weighted by Gasteiger charge is -2.31. The molecule has 0 atom stereocenters. The number of hydrogen-bond acceptors (Lipinski definition) is 3. The Hall–Kier alpha value is -2.02. The molecule has 1 aliphatic carbocycles. The summed E-state index contributed by atoms with van der Waals surface area (Å²) < 4.78 is 40.5. The van der Waals surface area contributed by atoms with Crippen LogP contribution in [0.3, 0.4) is 0 Å². The van der Waals surface area contributed by atoms with Crippen LogP contribution in [-0.2, 0) is 0 Å². The van der Waals surface area contributed by atoms with Crippen molar-refractivity contribution in [1.82, 2.24) is 9.55 Å². The number of aromatic nitrogens is 2. The van der Waals surface area contributed by atoms with E-state index in [1.165, 1.54) is 4.57 Å². The fourth-order valence-electron chi connectivity index (χ4n) is 3.66. The van der Waals surface area contributed by atoms with E-state index in [0.717, 1.165) is 0 Å². The van der Waals surface area contributed by atoms with E-state index >= 15 is 0 Å². The van der Waals surface area contributed by atoms with Crippen molar-refractivity contribution in [2.45, 2.75) is 44.7 Å². The summed E-state index contributed by atoms with van der Waals surface area (Å²) in [5.41, 5.74) is 0.834. The maximum absolute atomic E-state index is 13.0. The lowest BCUT2D eigenvalue weighted by atomic mass is 9.81. The molecule has 1 saturated carbocycles. The van der Waals surface area contributed by atoms with Crippen molar-refractivity contribution >= 4 is 17.4 Å². The van der Waals surface area contributed by atoms with Gasteiger partial charge in [-0.15, -0.1) is 0 Å². The van der Waals surface area contributed by atoms with Gasteiger partial charge in [0.1, 0.15) is 11.6 Å². The van der Waals surface area contributed by atoms with Gasteiger partial charge in [-0.1, -0.05) is 11.6 Å². The van der Waals surface area contributed by atoms with E-state index in [1.54, 1.807) is 38.2 Å². The van der Waals surface area contributed by atoms with Crippen molar-refractivity contribution in [1.29, 1.82) is 0 Å². The van der Waals surface area contributed by atoms with E-state index in [2.05, 4.69) is 10.3 Å². The second-order valence-corrected chi connectivity index (χ2v) is 7.34. The molecule has 1 aliphatic rings. The van der Waals surface area contributed by atoms with Gasteiger partial charge in [0.05, 0.1) is 17.2 Å². The number of nitrogens with zero attached hydrogens (tertiary/aromatic N) is 2. The first-order chi connectivity index (χ1) is 12.7. The molecule has 4 nitrogen and oxygen atoms in total. The molecule has 0 aliphatic heterocycles. The Bertz CT molecular complexity index is 869. The molecular weight excluding hydrogens is 379 g/mol. The molecule has 1 N–H and O–H groups in total. The Morgan fingerprint density at radius 2 is 1.74 bits per heavy atom. The van der Waals surface area contributed by atoms with Gasteiger partial charge in [-0.25, -0.2) is 4.98 Å². The third kappa shape index (κ3) is 3.98. The van der Waals surface area contributed by atoms with Crippen LogP contribution >= 0.6 is 11.6 Å². The highest BCUT2D eigenvalue weighted by Crippen LogP contribution is 2.42. The maximum atomic E-state index is 13.0. The fraction of sp³-hybridized carbons (Fsp3) is 0.474. The molecule has 0 saturated heterocycles. The average molecular weight is 400 g/mol. The minimum Gasteiger partial charge on any atom is -0.373 e. The van der Waals surface area contributed by atoms with E-state index in [0.29, 0.717) is 40.8 Å². The summed E-state index contributed by atoms with van der Waals surface area (Å²) in [7, 11) is 1.67. The molecule has 27 heavy (non-hydrogen) atoms. The van der Waals surface area contributed by atoms with Crippen LogP contribution < -0.4 is 10.9 Å². The molecule has 146 valence electrons. The second kappa shape index (κ2) is 7.54. The van der Waals surface area contributed by atoms with Gasteiger partial charge in [-0.05, 0) is 56.9 Å². The van der Waals surface area contributed by atoms with Gasteiger partial charge in [0, 0.05) is 18.0 Å². The van der Waals surface area contributed by atoms with Crippen molar-refractivity contribution in [3.8, 4) is 5.69 Å².